The van der Waals surface area contributed by atoms with E-state index >= 15 is 0 Å². The largest absolute Gasteiger partial charge is 0.338 e. The summed E-state index contributed by atoms with van der Waals surface area (Å²) in [4.78, 5) is 30.4. The lowest BCUT2D eigenvalue weighted by Crippen LogP contribution is -2.44. The maximum absolute atomic E-state index is 12.5. The van der Waals surface area contributed by atoms with Crippen LogP contribution in [0.25, 0.3) is 0 Å². The van der Waals surface area contributed by atoms with E-state index in [4.69, 9.17) is 11.6 Å². The standard InChI is InChI=1S/C13H17ClN4O3/c1-16-5-3-9(4-6-16)17(2)13(19)10-7-12(14)15-8-11(10)18(20)21/h7-9H,3-6H2,1-2H3. The van der Waals surface area contributed by atoms with E-state index in [2.05, 4.69) is 9.88 Å². The van der Waals surface area contributed by atoms with Crippen LogP contribution in [0.2, 0.25) is 5.15 Å². The molecular formula is C13H17ClN4O3. The molecule has 114 valence electrons. The number of halogens is 1. The van der Waals surface area contributed by atoms with Crippen molar-refractivity contribution in [2.75, 3.05) is 27.2 Å². The first kappa shape index (κ1) is 15.7. The van der Waals surface area contributed by atoms with Gasteiger partial charge in [0.15, 0.2) is 0 Å². The predicted octanol–water partition coefficient (Wildman–Crippen LogP) is 1.81. The Labute approximate surface area is 127 Å². The molecule has 1 fully saturated rings. The van der Waals surface area contributed by atoms with Gasteiger partial charge in [0.1, 0.15) is 16.9 Å². The highest BCUT2D eigenvalue weighted by atomic mass is 35.5. The van der Waals surface area contributed by atoms with Crippen molar-refractivity contribution in [3.05, 3.63) is 33.1 Å². The van der Waals surface area contributed by atoms with Crippen LogP contribution in [0.3, 0.4) is 0 Å². The Morgan fingerprint density at radius 1 is 1.52 bits per heavy atom. The third kappa shape index (κ3) is 3.48. The third-order valence-corrected chi connectivity index (χ3v) is 4.04. The Kier molecular flexibility index (Phi) is 4.74. The van der Waals surface area contributed by atoms with Crippen LogP contribution in [0, 0.1) is 10.1 Å². The summed E-state index contributed by atoms with van der Waals surface area (Å²) in [5, 5.41) is 11.1. The molecule has 0 N–H and O–H groups in total. The van der Waals surface area contributed by atoms with Crippen molar-refractivity contribution in [3.8, 4) is 0 Å². The van der Waals surface area contributed by atoms with Gasteiger partial charge in [-0.3, -0.25) is 14.9 Å². The Hall–Kier alpha value is -1.73. The van der Waals surface area contributed by atoms with E-state index in [0.29, 0.717) is 0 Å². The third-order valence-electron chi connectivity index (χ3n) is 3.83. The molecule has 0 radical (unpaired) electrons. The van der Waals surface area contributed by atoms with Gasteiger partial charge in [-0.05, 0) is 39.0 Å². The van der Waals surface area contributed by atoms with E-state index in [9.17, 15) is 14.9 Å². The van der Waals surface area contributed by atoms with E-state index in [1.54, 1.807) is 11.9 Å². The first-order chi connectivity index (χ1) is 9.90. The molecular weight excluding hydrogens is 296 g/mol. The zero-order chi connectivity index (χ0) is 15.6. The molecule has 2 heterocycles. The maximum Gasteiger partial charge on any atom is 0.300 e. The molecule has 1 aliphatic heterocycles. The first-order valence-electron chi connectivity index (χ1n) is 6.65. The molecule has 7 nitrogen and oxygen atoms in total. The zero-order valence-electron chi connectivity index (χ0n) is 12.0. The number of nitrogens with zero attached hydrogens (tertiary/aromatic N) is 4. The summed E-state index contributed by atoms with van der Waals surface area (Å²) in [7, 11) is 3.71. The monoisotopic (exact) mass is 312 g/mol. The number of piperidine rings is 1. The van der Waals surface area contributed by atoms with Gasteiger partial charge in [-0.2, -0.15) is 0 Å². The summed E-state index contributed by atoms with van der Waals surface area (Å²) in [6, 6.07) is 1.34. The molecule has 0 atom stereocenters. The molecule has 0 aromatic carbocycles. The van der Waals surface area contributed by atoms with Gasteiger partial charge in [-0.15, -0.1) is 0 Å². The quantitative estimate of drug-likeness (QED) is 0.483. The lowest BCUT2D eigenvalue weighted by atomic mass is 10.0. The molecule has 1 saturated heterocycles. The molecule has 1 aromatic rings. The highest BCUT2D eigenvalue weighted by molar-refractivity contribution is 6.29. The molecule has 2 rings (SSSR count). The second kappa shape index (κ2) is 6.36. The Morgan fingerprint density at radius 3 is 2.71 bits per heavy atom. The average Bonchev–Trinajstić information content (AvgIpc) is 2.46. The van der Waals surface area contributed by atoms with Gasteiger partial charge in [-0.25, -0.2) is 4.98 Å². The van der Waals surface area contributed by atoms with Crippen molar-refractivity contribution >= 4 is 23.2 Å². The maximum atomic E-state index is 12.5. The summed E-state index contributed by atoms with van der Waals surface area (Å²) in [6.45, 7) is 1.81. The van der Waals surface area contributed by atoms with Crippen molar-refractivity contribution in [1.82, 2.24) is 14.8 Å². The number of carbonyl (C=O) groups excluding carboxylic acids is 1. The number of amides is 1. The van der Waals surface area contributed by atoms with Gasteiger partial charge in [-0.1, -0.05) is 11.6 Å². The Balaban J connectivity index is 2.23. The lowest BCUT2D eigenvalue weighted by Gasteiger charge is -2.35. The molecule has 1 amide bonds. The fraction of sp³-hybridized carbons (Fsp3) is 0.538. The van der Waals surface area contributed by atoms with Crippen molar-refractivity contribution in [3.63, 3.8) is 0 Å². The summed E-state index contributed by atoms with van der Waals surface area (Å²) in [5.74, 6) is -0.388. The van der Waals surface area contributed by atoms with E-state index in [-0.39, 0.29) is 28.4 Å². The average molecular weight is 313 g/mol. The van der Waals surface area contributed by atoms with E-state index in [0.717, 1.165) is 32.1 Å². The highest BCUT2D eigenvalue weighted by Gasteiger charge is 2.29. The summed E-state index contributed by atoms with van der Waals surface area (Å²) in [6.07, 6.45) is 2.73. The summed E-state index contributed by atoms with van der Waals surface area (Å²) in [5.41, 5.74) is -0.328. The van der Waals surface area contributed by atoms with E-state index in [1.165, 1.54) is 6.07 Å². The molecule has 1 aliphatic rings. The normalized spacial score (nSPS) is 16.7. The van der Waals surface area contributed by atoms with Crippen molar-refractivity contribution in [2.45, 2.75) is 18.9 Å². The van der Waals surface area contributed by atoms with Crippen molar-refractivity contribution in [2.24, 2.45) is 0 Å². The molecule has 0 aliphatic carbocycles. The molecule has 0 unspecified atom stereocenters. The van der Waals surface area contributed by atoms with Crippen LogP contribution in [0.1, 0.15) is 23.2 Å². The number of carbonyl (C=O) groups is 1. The Morgan fingerprint density at radius 2 is 2.14 bits per heavy atom. The van der Waals surface area contributed by atoms with Crippen LogP contribution >= 0.6 is 11.6 Å². The van der Waals surface area contributed by atoms with Crippen LogP contribution in [-0.2, 0) is 0 Å². The van der Waals surface area contributed by atoms with Crippen LogP contribution in [0.5, 0.6) is 0 Å². The first-order valence-corrected chi connectivity index (χ1v) is 7.03. The lowest BCUT2D eigenvalue weighted by molar-refractivity contribution is -0.385. The molecule has 0 bridgehead atoms. The zero-order valence-corrected chi connectivity index (χ0v) is 12.7. The molecule has 0 saturated carbocycles. The van der Waals surface area contributed by atoms with Gasteiger partial charge in [0, 0.05) is 13.1 Å². The minimum atomic E-state index is -0.612. The van der Waals surface area contributed by atoms with Crippen LogP contribution in [0.4, 0.5) is 5.69 Å². The molecule has 21 heavy (non-hydrogen) atoms. The van der Waals surface area contributed by atoms with Crippen molar-refractivity contribution in [1.29, 1.82) is 0 Å². The van der Waals surface area contributed by atoms with Crippen LogP contribution < -0.4 is 0 Å². The minimum Gasteiger partial charge on any atom is -0.338 e. The van der Waals surface area contributed by atoms with E-state index < -0.39 is 4.92 Å². The minimum absolute atomic E-state index is 0.0126. The van der Waals surface area contributed by atoms with Crippen molar-refractivity contribution < 1.29 is 9.72 Å². The van der Waals surface area contributed by atoms with Crippen LogP contribution in [0.15, 0.2) is 12.3 Å². The highest BCUT2D eigenvalue weighted by Crippen LogP contribution is 2.24. The fourth-order valence-electron chi connectivity index (χ4n) is 2.48. The van der Waals surface area contributed by atoms with Gasteiger partial charge >= 0.3 is 0 Å². The number of nitro groups is 1. The second-order valence-corrected chi connectivity index (χ2v) is 5.62. The number of pyridine rings is 1. The SMILES string of the molecule is CN1CCC(N(C)C(=O)c2cc(Cl)ncc2[N+](=O)[O-])CC1. The second-order valence-electron chi connectivity index (χ2n) is 5.23. The number of rotatable bonds is 3. The number of aromatic nitrogens is 1. The summed E-state index contributed by atoms with van der Waals surface area (Å²) < 4.78 is 0. The van der Waals surface area contributed by atoms with E-state index in [1.807, 2.05) is 7.05 Å². The van der Waals surface area contributed by atoms with Gasteiger partial charge in [0.05, 0.1) is 4.92 Å². The van der Waals surface area contributed by atoms with Crippen LogP contribution in [-0.4, -0.2) is 58.8 Å². The van der Waals surface area contributed by atoms with Gasteiger partial charge < -0.3 is 9.80 Å². The molecule has 1 aromatic heterocycles. The predicted molar refractivity (Wildman–Crippen MR) is 78.5 cm³/mol. The van der Waals surface area contributed by atoms with Gasteiger partial charge in [0.2, 0.25) is 0 Å². The number of likely N-dealkylation sites (tertiary alicyclic amines) is 1. The smallest absolute Gasteiger partial charge is 0.300 e. The molecule has 0 spiro atoms. The number of hydrogen-bond acceptors (Lipinski definition) is 5. The Bertz CT molecular complexity index is 558. The van der Waals surface area contributed by atoms with Gasteiger partial charge in [0.25, 0.3) is 11.6 Å². The summed E-state index contributed by atoms with van der Waals surface area (Å²) >= 11 is 5.76. The fourth-order valence-corrected chi connectivity index (χ4v) is 2.64. The topological polar surface area (TPSA) is 79.6 Å². The number of hydrogen-bond donors (Lipinski definition) is 0. The molecule has 8 heteroatoms.